The molecule has 0 bridgehead atoms. The summed E-state index contributed by atoms with van der Waals surface area (Å²) in [4.78, 5) is 0. The van der Waals surface area contributed by atoms with Gasteiger partial charge in [-0.1, -0.05) is 67.9 Å². The molecule has 2 aromatic carbocycles. The van der Waals surface area contributed by atoms with Crippen LogP contribution >= 0.6 is 0 Å². The van der Waals surface area contributed by atoms with E-state index < -0.39 is 0 Å². The van der Waals surface area contributed by atoms with Crippen molar-refractivity contribution in [2.45, 2.75) is 44.7 Å². The summed E-state index contributed by atoms with van der Waals surface area (Å²) in [5.74, 6) is 0. The van der Waals surface area contributed by atoms with Crippen LogP contribution in [0.2, 0.25) is 0 Å². The second-order valence-electron chi connectivity index (χ2n) is 5.92. The van der Waals surface area contributed by atoms with Crippen LogP contribution in [0, 0.1) is 0 Å². The number of nitrogens with two attached hydrogens (primary N) is 2. The van der Waals surface area contributed by atoms with Gasteiger partial charge in [-0.3, -0.25) is 0 Å². The molecule has 0 saturated carbocycles. The summed E-state index contributed by atoms with van der Waals surface area (Å²) in [5, 5.41) is 0. The van der Waals surface area contributed by atoms with Gasteiger partial charge in [0.05, 0.1) is 0 Å². The first-order valence-corrected chi connectivity index (χ1v) is 7.76. The fourth-order valence-corrected chi connectivity index (χ4v) is 3.01. The summed E-state index contributed by atoms with van der Waals surface area (Å²) in [6.07, 6.45) is 4.46. The van der Waals surface area contributed by atoms with E-state index in [2.05, 4.69) is 31.2 Å². The fraction of sp³-hybridized carbons (Fsp3) is 0.368. The number of fused-ring (bicyclic) bond motifs is 1. The molecule has 2 aromatic rings. The van der Waals surface area contributed by atoms with Crippen LogP contribution in [-0.2, 0) is 19.4 Å². The van der Waals surface area contributed by atoms with E-state index in [1.54, 1.807) is 0 Å². The van der Waals surface area contributed by atoms with Crippen molar-refractivity contribution in [3.8, 4) is 0 Å². The summed E-state index contributed by atoms with van der Waals surface area (Å²) in [6, 6.07) is 18.6. The normalized spacial score (nSPS) is 15.0. The Labute approximate surface area is 128 Å². The average Bonchev–Trinajstić information content (AvgIpc) is 2.85. The van der Waals surface area contributed by atoms with Gasteiger partial charge in [-0.2, -0.15) is 0 Å². The Balaban J connectivity index is 0.000000173. The molecule has 0 aliphatic heterocycles. The minimum Gasteiger partial charge on any atom is -0.326 e. The number of benzene rings is 2. The van der Waals surface area contributed by atoms with Gasteiger partial charge in [0.15, 0.2) is 0 Å². The smallest absolute Gasteiger partial charge is 0.0236 e. The topological polar surface area (TPSA) is 52.0 Å². The molecule has 21 heavy (non-hydrogen) atoms. The van der Waals surface area contributed by atoms with E-state index in [0.717, 1.165) is 19.3 Å². The van der Waals surface area contributed by atoms with Gasteiger partial charge in [0.1, 0.15) is 0 Å². The highest BCUT2D eigenvalue weighted by atomic mass is 14.7. The molecular weight excluding hydrogens is 256 g/mol. The largest absolute Gasteiger partial charge is 0.326 e. The van der Waals surface area contributed by atoms with Crippen LogP contribution in [0.4, 0.5) is 0 Å². The van der Waals surface area contributed by atoms with Crippen molar-refractivity contribution in [3.63, 3.8) is 0 Å². The van der Waals surface area contributed by atoms with Gasteiger partial charge in [-0.05, 0) is 36.0 Å². The molecule has 0 fully saturated rings. The zero-order chi connectivity index (χ0) is 15.1. The van der Waals surface area contributed by atoms with E-state index in [0.29, 0.717) is 6.54 Å². The molecule has 0 radical (unpaired) electrons. The van der Waals surface area contributed by atoms with Gasteiger partial charge in [-0.25, -0.2) is 0 Å². The lowest BCUT2D eigenvalue weighted by Crippen LogP contribution is -2.40. The van der Waals surface area contributed by atoms with Crippen LogP contribution < -0.4 is 11.5 Å². The molecular formula is C19H26N2. The summed E-state index contributed by atoms with van der Waals surface area (Å²) in [7, 11) is 0. The summed E-state index contributed by atoms with van der Waals surface area (Å²) in [6.45, 7) is 2.85. The second kappa shape index (κ2) is 7.39. The van der Waals surface area contributed by atoms with E-state index in [-0.39, 0.29) is 5.54 Å². The lowest BCUT2D eigenvalue weighted by atomic mass is 9.92. The minimum atomic E-state index is 0.0540. The first-order chi connectivity index (χ1) is 10.2. The van der Waals surface area contributed by atoms with Gasteiger partial charge in [-0.15, -0.1) is 0 Å². The summed E-state index contributed by atoms with van der Waals surface area (Å²) < 4.78 is 0. The molecule has 0 atom stereocenters. The quantitative estimate of drug-likeness (QED) is 0.906. The molecule has 0 aromatic heterocycles. The fourth-order valence-electron chi connectivity index (χ4n) is 3.01. The van der Waals surface area contributed by atoms with Crippen LogP contribution in [0.3, 0.4) is 0 Å². The molecule has 0 saturated heterocycles. The molecule has 0 heterocycles. The van der Waals surface area contributed by atoms with Crippen molar-refractivity contribution in [1.82, 2.24) is 0 Å². The predicted octanol–water partition coefficient (Wildman–Crippen LogP) is 3.43. The van der Waals surface area contributed by atoms with Crippen molar-refractivity contribution in [2.24, 2.45) is 11.5 Å². The van der Waals surface area contributed by atoms with Crippen LogP contribution in [0.15, 0.2) is 54.6 Å². The highest BCUT2D eigenvalue weighted by Crippen LogP contribution is 2.30. The Bertz CT molecular complexity index is 524. The maximum absolute atomic E-state index is 6.32. The van der Waals surface area contributed by atoms with E-state index in [9.17, 15) is 0 Å². The molecule has 1 aliphatic carbocycles. The van der Waals surface area contributed by atoms with E-state index in [4.69, 9.17) is 11.5 Å². The van der Waals surface area contributed by atoms with Crippen LogP contribution in [0.25, 0.3) is 0 Å². The average molecular weight is 282 g/mol. The third kappa shape index (κ3) is 4.42. The number of hydrogen-bond acceptors (Lipinski definition) is 2. The summed E-state index contributed by atoms with van der Waals surface area (Å²) in [5.41, 5.74) is 15.8. The lowest BCUT2D eigenvalue weighted by Gasteiger charge is -2.22. The second-order valence-corrected chi connectivity index (χ2v) is 5.92. The van der Waals surface area contributed by atoms with Gasteiger partial charge < -0.3 is 11.5 Å². The van der Waals surface area contributed by atoms with Crippen molar-refractivity contribution in [3.05, 3.63) is 71.3 Å². The third-order valence-corrected chi connectivity index (χ3v) is 4.03. The molecule has 4 N–H and O–H groups in total. The van der Waals surface area contributed by atoms with Gasteiger partial charge in [0.2, 0.25) is 0 Å². The Morgan fingerprint density at radius 2 is 1.43 bits per heavy atom. The number of hydrogen-bond donors (Lipinski definition) is 2. The Morgan fingerprint density at radius 3 is 1.86 bits per heavy atom. The Hall–Kier alpha value is -1.64. The minimum absolute atomic E-state index is 0.0540. The molecule has 1 aliphatic rings. The van der Waals surface area contributed by atoms with Gasteiger partial charge in [0, 0.05) is 12.1 Å². The van der Waals surface area contributed by atoms with E-state index in [1.165, 1.54) is 23.1 Å². The SMILES string of the molecule is CCCC1(N)Cc2ccccc2C1.NCc1ccccc1. The molecule has 0 unspecified atom stereocenters. The van der Waals surface area contributed by atoms with Crippen molar-refractivity contribution in [2.75, 3.05) is 0 Å². The summed E-state index contributed by atoms with van der Waals surface area (Å²) >= 11 is 0. The molecule has 2 heteroatoms. The maximum Gasteiger partial charge on any atom is 0.0236 e. The highest BCUT2D eigenvalue weighted by molar-refractivity contribution is 5.35. The lowest BCUT2D eigenvalue weighted by molar-refractivity contribution is 0.410. The predicted molar refractivity (Wildman–Crippen MR) is 90.0 cm³/mol. The van der Waals surface area contributed by atoms with Crippen molar-refractivity contribution < 1.29 is 0 Å². The third-order valence-electron chi connectivity index (χ3n) is 4.03. The van der Waals surface area contributed by atoms with Crippen LogP contribution in [0.1, 0.15) is 36.5 Å². The van der Waals surface area contributed by atoms with E-state index in [1.807, 2.05) is 30.3 Å². The Morgan fingerprint density at radius 1 is 0.905 bits per heavy atom. The van der Waals surface area contributed by atoms with Crippen LogP contribution in [0.5, 0.6) is 0 Å². The molecule has 0 spiro atoms. The zero-order valence-corrected chi connectivity index (χ0v) is 12.9. The van der Waals surface area contributed by atoms with E-state index >= 15 is 0 Å². The molecule has 3 rings (SSSR count). The van der Waals surface area contributed by atoms with Crippen molar-refractivity contribution >= 4 is 0 Å². The molecule has 112 valence electrons. The van der Waals surface area contributed by atoms with Gasteiger partial charge >= 0.3 is 0 Å². The first kappa shape index (κ1) is 15.7. The number of rotatable bonds is 3. The maximum atomic E-state index is 6.32. The van der Waals surface area contributed by atoms with Crippen molar-refractivity contribution in [1.29, 1.82) is 0 Å². The monoisotopic (exact) mass is 282 g/mol. The standard InChI is InChI=1S/C12H17N.C7H9N/c1-2-7-12(13)8-10-5-3-4-6-11(10)9-12;8-6-7-4-2-1-3-5-7/h3-6H,2,7-9,13H2,1H3;1-5H,6,8H2. The first-order valence-electron chi connectivity index (χ1n) is 7.76. The zero-order valence-electron chi connectivity index (χ0n) is 12.9. The molecule has 0 amide bonds. The van der Waals surface area contributed by atoms with Crippen LogP contribution in [-0.4, -0.2) is 5.54 Å². The Kier molecular flexibility index (Phi) is 5.54. The van der Waals surface area contributed by atoms with Gasteiger partial charge in [0.25, 0.3) is 0 Å². The highest BCUT2D eigenvalue weighted by Gasteiger charge is 2.31. The molecule has 2 nitrogen and oxygen atoms in total.